The molecule has 14 heavy (non-hydrogen) atoms. The SMILES string of the molecule is CCC(O)C(CCC(=O)OC)[N+](=O)[O-]. The van der Waals surface area contributed by atoms with E-state index >= 15 is 0 Å². The van der Waals surface area contributed by atoms with Gasteiger partial charge in [-0.05, 0) is 6.42 Å². The van der Waals surface area contributed by atoms with Crippen molar-refractivity contribution in [3.63, 3.8) is 0 Å². The first kappa shape index (κ1) is 12.8. The Morgan fingerprint density at radius 1 is 1.64 bits per heavy atom. The van der Waals surface area contributed by atoms with Gasteiger partial charge in [0.1, 0.15) is 6.10 Å². The molecule has 0 rings (SSSR count). The highest BCUT2D eigenvalue weighted by atomic mass is 16.6. The highest BCUT2D eigenvalue weighted by Gasteiger charge is 2.28. The molecule has 0 aromatic carbocycles. The van der Waals surface area contributed by atoms with Gasteiger partial charge in [-0.25, -0.2) is 0 Å². The molecule has 0 saturated carbocycles. The third-order valence-electron chi connectivity index (χ3n) is 2.01. The van der Waals surface area contributed by atoms with Gasteiger partial charge in [0, 0.05) is 11.3 Å². The van der Waals surface area contributed by atoms with E-state index in [2.05, 4.69) is 4.74 Å². The summed E-state index contributed by atoms with van der Waals surface area (Å²) < 4.78 is 4.35. The Balaban J connectivity index is 4.10. The Bertz CT molecular complexity index is 206. The number of hydrogen-bond acceptors (Lipinski definition) is 5. The summed E-state index contributed by atoms with van der Waals surface area (Å²) in [6.45, 7) is 1.65. The third-order valence-corrected chi connectivity index (χ3v) is 2.01. The number of nitrogens with zero attached hydrogens (tertiary/aromatic N) is 1. The van der Waals surface area contributed by atoms with Crippen LogP contribution in [0.3, 0.4) is 0 Å². The van der Waals surface area contributed by atoms with Crippen LogP contribution in [0.2, 0.25) is 0 Å². The van der Waals surface area contributed by atoms with Crippen molar-refractivity contribution >= 4 is 5.97 Å². The van der Waals surface area contributed by atoms with Crippen LogP contribution < -0.4 is 0 Å². The lowest BCUT2D eigenvalue weighted by Crippen LogP contribution is -2.33. The normalized spacial score (nSPS) is 14.5. The predicted octanol–water partition coefficient (Wildman–Crippen LogP) is 0.356. The average Bonchev–Trinajstić information content (AvgIpc) is 2.16. The topological polar surface area (TPSA) is 89.7 Å². The van der Waals surface area contributed by atoms with Crippen LogP contribution in [0, 0.1) is 10.1 Å². The summed E-state index contributed by atoms with van der Waals surface area (Å²) in [5.74, 6) is -0.500. The molecule has 1 N–H and O–H groups in total. The third kappa shape index (κ3) is 4.18. The lowest BCUT2D eigenvalue weighted by Gasteiger charge is -2.13. The highest BCUT2D eigenvalue weighted by molar-refractivity contribution is 5.69. The molecule has 6 heteroatoms. The van der Waals surface area contributed by atoms with Crippen molar-refractivity contribution in [1.82, 2.24) is 0 Å². The van der Waals surface area contributed by atoms with Crippen LogP contribution in [0.5, 0.6) is 0 Å². The molecular formula is C8H15NO5. The standard InChI is InChI=1S/C8H15NO5/c1-3-7(10)6(9(12)13)4-5-8(11)14-2/h6-7,10H,3-5H2,1-2H3. The minimum atomic E-state index is -1.08. The maximum absolute atomic E-state index is 10.7. The monoisotopic (exact) mass is 205 g/mol. The number of carbonyl (C=O) groups is 1. The van der Waals surface area contributed by atoms with Crippen LogP contribution in [0.15, 0.2) is 0 Å². The Labute approximate surface area is 82.0 Å². The largest absolute Gasteiger partial charge is 0.469 e. The molecule has 0 aromatic rings. The summed E-state index contributed by atoms with van der Waals surface area (Å²) in [5.41, 5.74) is 0. The van der Waals surface area contributed by atoms with Crippen LogP contribution in [0.1, 0.15) is 26.2 Å². The van der Waals surface area contributed by atoms with Gasteiger partial charge in [0.15, 0.2) is 0 Å². The summed E-state index contributed by atoms with van der Waals surface area (Å²) in [5, 5.41) is 19.8. The van der Waals surface area contributed by atoms with E-state index in [0.717, 1.165) is 0 Å². The Kier molecular flexibility index (Phi) is 5.78. The van der Waals surface area contributed by atoms with Gasteiger partial charge in [-0.2, -0.15) is 0 Å². The maximum Gasteiger partial charge on any atom is 0.305 e. The van der Waals surface area contributed by atoms with Crippen LogP contribution in [0.25, 0.3) is 0 Å². The fourth-order valence-electron chi connectivity index (χ4n) is 1.08. The van der Waals surface area contributed by atoms with E-state index in [9.17, 15) is 20.0 Å². The molecule has 0 fully saturated rings. The molecule has 0 aliphatic heterocycles. The molecule has 0 aliphatic carbocycles. The molecule has 82 valence electrons. The second-order valence-corrected chi connectivity index (χ2v) is 2.94. The van der Waals surface area contributed by atoms with Gasteiger partial charge in [-0.15, -0.1) is 0 Å². The molecule has 0 amide bonds. The first-order valence-corrected chi connectivity index (χ1v) is 4.41. The smallest absolute Gasteiger partial charge is 0.305 e. The lowest BCUT2D eigenvalue weighted by molar-refractivity contribution is -0.535. The van der Waals surface area contributed by atoms with Gasteiger partial charge in [0.25, 0.3) is 0 Å². The van der Waals surface area contributed by atoms with Gasteiger partial charge in [0.05, 0.1) is 13.5 Å². The van der Waals surface area contributed by atoms with Crippen LogP contribution >= 0.6 is 0 Å². The summed E-state index contributed by atoms with van der Waals surface area (Å²) in [7, 11) is 1.22. The number of aliphatic hydroxyl groups excluding tert-OH is 1. The maximum atomic E-state index is 10.7. The first-order chi connectivity index (χ1) is 6.52. The molecule has 2 unspecified atom stereocenters. The van der Waals surface area contributed by atoms with Gasteiger partial charge < -0.3 is 9.84 Å². The summed E-state index contributed by atoms with van der Waals surface area (Å²) >= 11 is 0. The van der Waals surface area contributed by atoms with E-state index in [1.807, 2.05) is 0 Å². The van der Waals surface area contributed by atoms with Gasteiger partial charge >= 0.3 is 5.97 Å². The number of ether oxygens (including phenoxy) is 1. The van der Waals surface area contributed by atoms with E-state index in [0.29, 0.717) is 6.42 Å². The van der Waals surface area contributed by atoms with E-state index in [-0.39, 0.29) is 12.8 Å². The summed E-state index contributed by atoms with van der Waals surface area (Å²) in [6, 6.07) is -1.08. The number of hydrogen-bond donors (Lipinski definition) is 1. The van der Waals surface area contributed by atoms with Crippen LogP contribution in [-0.4, -0.2) is 35.3 Å². The van der Waals surface area contributed by atoms with Crippen molar-refractivity contribution in [2.24, 2.45) is 0 Å². The number of aliphatic hydroxyl groups is 1. The zero-order chi connectivity index (χ0) is 11.1. The van der Waals surface area contributed by atoms with Gasteiger partial charge in [-0.3, -0.25) is 14.9 Å². The molecule has 0 aliphatic rings. The molecule has 0 aromatic heterocycles. The van der Waals surface area contributed by atoms with Crippen molar-refractivity contribution < 1.29 is 19.6 Å². The fourth-order valence-corrected chi connectivity index (χ4v) is 1.08. The summed E-state index contributed by atoms with van der Waals surface area (Å²) in [4.78, 5) is 20.7. The van der Waals surface area contributed by atoms with E-state index in [1.54, 1.807) is 6.92 Å². The van der Waals surface area contributed by atoms with Crippen LogP contribution in [-0.2, 0) is 9.53 Å². The van der Waals surface area contributed by atoms with E-state index < -0.39 is 23.0 Å². The second kappa shape index (κ2) is 6.31. The average molecular weight is 205 g/mol. The van der Waals surface area contributed by atoms with Crippen molar-refractivity contribution in [2.75, 3.05) is 7.11 Å². The number of esters is 1. The molecule has 0 heterocycles. The second-order valence-electron chi connectivity index (χ2n) is 2.94. The molecule has 0 bridgehead atoms. The molecule has 0 radical (unpaired) electrons. The number of carbonyl (C=O) groups excluding carboxylic acids is 1. The number of methoxy groups -OCH3 is 1. The quantitative estimate of drug-likeness (QED) is 0.384. The minimum Gasteiger partial charge on any atom is -0.469 e. The Morgan fingerprint density at radius 3 is 2.57 bits per heavy atom. The number of rotatable bonds is 6. The van der Waals surface area contributed by atoms with Crippen molar-refractivity contribution in [3.8, 4) is 0 Å². The lowest BCUT2D eigenvalue weighted by atomic mass is 10.0. The van der Waals surface area contributed by atoms with E-state index in [1.165, 1.54) is 7.11 Å². The molecule has 2 atom stereocenters. The molecular weight excluding hydrogens is 190 g/mol. The zero-order valence-electron chi connectivity index (χ0n) is 8.30. The van der Waals surface area contributed by atoms with Gasteiger partial charge in [-0.1, -0.05) is 6.92 Å². The predicted molar refractivity (Wildman–Crippen MR) is 48.3 cm³/mol. The Hall–Kier alpha value is -1.17. The van der Waals surface area contributed by atoms with E-state index in [4.69, 9.17) is 0 Å². The van der Waals surface area contributed by atoms with Crippen molar-refractivity contribution in [1.29, 1.82) is 0 Å². The Morgan fingerprint density at radius 2 is 2.21 bits per heavy atom. The van der Waals surface area contributed by atoms with Crippen LogP contribution in [0.4, 0.5) is 0 Å². The fraction of sp³-hybridized carbons (Fsp3) is 0.875. The zero-order valence-corrected chi connectivity index (χ0v) is 8.30. The molecule has 0 saturated heterocycles. The summed E-state index contributed by atoms with van der Waals surface area (Å²) in [6.07, 6.45) is -0.740. The minimum absolute atomic E-state index is 0.00861. The highest BCUT2D eigenvalue weighted by Crippen LogP contribution is 2.09. The van der Waals surface area contributed by atoms with Crippen molar-refractivity contribution in [3.05, 3.63) is 10.1 Å². The number of nitro groups is 1. The van der Waals surface area contributed by atoms with Crippen molar-refractivity contribution in [2.45, 2.75) is 38.3 Å². The van der Waals surface area contributed by atoms with Gasteiger partial charge in [0.2, 0.25) is 6.04 Å². The first-order valence-electron chi connectivity index (χ1n) is 4.41. The molecule has 6 nitrogen and oxygen atoms in total. The molecule has 0 spiro atoms.